The summed E-state index contributed by atoms with van der Waals surface area (Å²) in [4.78, 5) is 12.4. The molecule has 0 spiro atoms. The predicted octanol–water partition coefficient (Wildman–Crippen LogP) is 5.67. The summed E-state index contributed by atoms with van der Waals surface area (Å²) in [6.45, 7) is 17.1. The normalized spacial score (nSPS) is 13.8. The van der Waals surface area contributed by atoms with E-state index in [1.807, 2.05) is 38.1 Å². The lowest BCUT2D eigenvalue weighted by Crippen LogP contribution is -2.44. The number of benzene rings is 1. The average Bonchev–Trinajstić information content (AvgIpc) is 2.47. The first kappa shape index (κ1) is 22.1. The van der Waals surface area contributed by atoms with Crippen molar-refractivity contribution in [1.82, 2.24) is 5.32 Å². The molecule has 0 aliphatic carbocycles. The first-order valence-corrected chi connectivity index (χ1v) is 9.35. The Morgan fingerprint density at radius 2 is 1.61 bits per heavy atom. The molecular formula is C20H36NOP. The lowest BCUT2D eigenvalue weighted by Gasteiger charge is -2.38. The lowest BCUT2D eigenvalue weighted by molar-refractivity contribution is 0.0908. The van der Waals surface area contributed by atoms with Crippen molar-refractivity contribution in [2.45, 2.75) is 73.5 Å². The second kappa shape index (κ2) is 9.42. The quantitative estimate of drug-likeness (QED) is 0.666. The van der Waals surface area contributed by atoms with Gasteiger partial charge in [-0.3, -0.25) is 4.79 Å². The molecule has 0 heterocycles. The Labute approximate surface area is 146 Å². The zero-order chi connectivity index (χ0) is 18.3. The van der Waals surface area contributed by atoms with Gasteiger partial charge in [-0.25, -0.2) is 0 Å². The molecule has 0 aromatic heterocycles. The van der Waals surface area contributed by atoms with Crippen LogP contribution in [0.4, 0.5) is 0 Å². The minimum Gasteiger partial charge on any atom is -0.344 e. The van der Waals surface area contributed by atoms with Crippen LogP contribution >= 0.6 is 9.24 Å². The van der Waals surface area contributed by atoms with Crippen LogP contribution < -0.4 is 5.32 Å². The Bertz CT molecular complexity index is 475. The molecule has 0 saturated heterocycles. The number of rotatable bonds is 6. The Morgan fingerprint density at radius 1 is 1.13 bits per heavy atom. The van der Waals surface area contributed by atoms with E-state index in [1.54, 1.807) is 0 Å². The van der Waals surface area contributed by atoms with Gasteiger partial charge < -0.3 is 5.32 Å². The molecule has 1 amide bonds. The van der Waals surface area contributed by atoms with E-state index in [2.05, 4.69) is 56.1 Å². The van der Waals surface area contributed by atoms with Crippen LogP contribution in [-0.2, 0) is 6.42 Å². The summed E-state index contributed by atoms with van der Waals surface area (Å²) in [6, 6.07) is 7.85. The molecule has 0 bridgehead atoms. The van der Waals surface area contributed by atoms with Crippen LogP contribution in [0.25, 0.3) is 0 Å². The number of carbonyl (C=O) groups excluding carboxylic acids is 1. The van der Waals surface area contributed by atoms with Gasteiger partial charge in [0.1, 0.15) is 0 Å². The van der Waals surface area contributed by atoms with Gasteiger partial charge in [0.25, 0.3) is 5.91 Å². The van der Waals surface area contributed by atoms with E-state index in [9.17, 15) is 4.79 Å². The maximum Gasteiger partial charge on any atom is 0.251 e. The van der Waals surface area contributed by atoms with Gasteiger partial charge in [-0.05, 0) is 48.8 Å². The first-order chi connectivity index (χ1) is 10.6. The fraction of sp³-hybridized carbons (Fsp3) is 0.650. The van der Waals surface area contributed by atoms with E-state index in [0.717, 1.165) is 18.4 Å². The molecule has 1 N–H and O–H groups in total. The third kappa shape index (κ3) is 7.48. The highest BCUT2D eigenvalue weighted by Gasteiger charge is 2.32. The van der Waals surface area contributed by atoms with Gasteiger partial charge in [-0.1, -0.05) is 60.6 Å². The maximum atomic E-state index is 12.4. The van der Waals surface area contributed by atoms with Crippen molar-refractivity contribution in [2.75, 3.05) is 0 Å². The van der Waals surface area contributed by atoms with Crippen LogP contribution in [-0.4, -0.2) is 11.2 Å². The average molecular weight is 337 g/mol. The van der Waals surface area contributed by atoms with Crippen LogP contribution in [0.2, 0.25) is 0 Å². The molecule has 2 atom stereocenters. The van der Waals surface area contributed by atoms with Crippen LogP contribution in [0, 0.1) is 11.3 Å². The van der Waals surface area contributed by atoms with Gasteiger partial charge in [-0.15, -0.1) is 9.24 Å². The molecular weight excluding hydrogens is 301 g/mol. The van der Waals surface area contributed by atoms with E-state index < -0.39 is 0 Å². The highest BCUT2D eigenvalue weighted by Crippen LogP contribution is 2.37. The summed E-state index contributed by atoms with van der Waals surface area (Å²) in [5.74, 6) is 0.563. The number of nitrogens with one attached hydrogen (secondary N) is 1. The molecule has 0 aliphatic heterocycles. The Hall–Kier alpha value is -0.880. The lowest BCUT2D eigenvalue weighted by atomic mass is 9.76. The van der Waals surface area contributed by atoms with Crippen LogP contribution in [0.5, 0.6) is 0 Å². The van der Waals surface area contributed by atoms with E-state index in [0.29, 0.717) is 5.92 Å². The monoisotopic (exact) mass is 337 g/mol. The second-order valence-corrected chi connectivity index (χ2v) is 8.52. The molecule has 1 aromatic rings. The number of aryl methyl sites for hydroxylation is 1. The van der Waals surface area contributed by atoms with Gasteiger partial charge in [0, 0.05) is 5.56 Å². The Balaban J connectivity index is 0.00000232. The summed E-state index contributed by atoms with van der Waals surface area (Å²) in [5, 5.41) is 2.85. The summed E-state index contributed by atoms with van der Waals surface area (Å²) >= 11 is 0. The summed E-state index contributed by atoms with van der Waals surface area (Å²) in [5.41, 5.74) is 2.15. The van der Waals surface area contributed by atoms with Crippen molar-refractivity contribution in [3.05, 3.63) is 35.4 Å². The second-order valence-electron chi connectivity index (χ2n) is 7.24. The van der Waals surface area contributed by atoms with Crippen molar-refractivity contribution in [3.63, 3.8) is 0 Å². The van der Waals surface area contributed by atoms with Crippen molar-refractivity contribution >= 4 is 15.1 Å². The van der Waals surface area contributed by atoms with Crippen LogP contribution in [0.1, 0.15) is 77.7 Å². The van der Waals surface area contributed by atoms with Crippen molar-refractivity contribution in [1.29, 1.82) is 0 Å². The molecule has 0 radical (unpaired) electrons. The minimum absolute atomic E-state index is 0.00490. The number of hydrogen-bond acceptors (Lipinski definition) is 1. The molecule has 2 unspecified atom stereocenters. The number of hydrogen-bond donors (Lipinski definition) is 1. The molecule has 1 aromatic carbocycles. The molecule has 0 saturated carbocycles. The topological polar surface area (TPSA) is 29.1 Å². The van der Waals surface area contributed by atoms with Crippen LogP contribution in [0.3, 0.4) is 0 Å². The molecule has 3 heteroatoms. The van der Waals surface area contributed by atoms with Crippen molar-refractivity contribution in [3.8, 4) is 0 Å². The van der Waals surface area contributed by atoms with Crippen molar-refractivity contribution in [2.24, 2.45) is 11.3 Å². The van der Waals surface area contributed by atoms with Crippen LogP contribution in [0.15, 0.2) is 24.3 Å². The fourth-order valence-electron chi connectivity index (χ4n) is 2.42. The molecule has 132 valence electrons. The van der Waals surface area contributed by atoms with E-state index in [1.165, 1.54) is 5.56 Å². The smallest absolute Gasteiger partial charge is 0.251 e. The molecule has 2 nitrogen and oxygen atoms in total. The third-order valence-electron chi connectivity index (χ3n) is 4.41. The van der Waals surface area contributed by atoms with Crippen molar-refractivity contribution < 1.29 is 4.79 Å². The predicted molar refractivity (Wildman–Crippen MR) is 106 cm³/mol. The zero-order valence-corrected chi connectivity index (χ0v) is 17.4. The summed E-state index contributed by atoms with van der Waals surface area (Å²) in [7, 11) is 2.81. The number of carbonyl (C=O) groups is 1. The highest BCUT2D eigenvalue weighted by molar-refractivity contribution is 7.18. The van der Waals surface area contributed by atoms with E-state index >= 15 is 0 Å². The number of amides is 1. The minimum atomic E-state index is -0.297. The van der Waals surface area contributed by atoms with Gasteiger partial charge in [-0.2, -0.15) is 0 Å². The molecule has 23 heavy (non-hydrogen) atoms. The summed E-state index contributed by atoms with van der Waals surface area (Å²) in [6.07, 6.45) is 1.91. The van der Waals surface area contributed by atoms with Gasteiger partial charge in [0.2, 0.25) is 0 Å². The highest BCUT2D eigenvalue weighted by atomic mass is 31.0. The SMILES string of the molecule is CC.CCc1ccc(C(=O)NC(C)(P)CC(C)(C)C(C)C)cc1. The fourth-order valence-corrected chi connectivity index (χ4v) is 3.08. The maximum absolute atomic E-state index is 12.4. The van der Waals surface area contributed by atoms with E-state index in [-0.39, 0.29) is 16.6 Å². The Kier molecular flexibility index (Phi) is 9.06. The van der Waals surface area contributed by atoms with Gasteiger partial charge in [0.05, 0.1) is 5.28 Å². The van der Waals surface area contributed by atoms with Gasteiger partial charge >= 0.3 is 0 Å². The van der Waals surface area contributed by atoms with Gasteiger partial charge in [0.15, 0.2) is 0 Å². The first-order valence-electron chi connectivity index (χ1n) is 8.78. The van der Waals surface area contributed by atoms with E-state index in [4.69, 9.17) is 0 Å². The Morgan fingerprint density at radius 3 is 2.00 bits per heavy atom. The molecule has 0 fully saturated rings. The molecule has 1 rings (SSSR count). The largest absolute Gasteiger partial charge is 0.344 e. The zero-order valence-electron chi connectivity index (χ0n) is 16.3. The standard InChI is InChI=1S/C18H30NOP.C2H6/c1-7-14-8-10-15(11-9-14)16(20)19-18(6,21)12-17(4,5)13(2)3;1-2/h8-11,13H,7,12,21H2,1-6H3,(H,19,20);1-2H3. The summed E-state index contributed by atoms with van der Waals surface area (Å²) < 4.78 is 0. The third-order valence-corrected chi connectivity index (χ3v) is 4.76. The molecule has 0 aliphatic rings.